The molecule has 1 N–H and O–H groups in total. The summed E-state index contributed by atoms with van der Waals surface area (Å²) in [7, 11) is 0. The molecule has 0 aromatic heterocycles. The number of hydrogen-bond donors (Lipinski definition) is 1. The first-order chi connectivity index (χ1) is 12.1. The molecule has 1 aliphatic carbocycles. The molecule has 2 fully saturated rings. The molecule has 0 bridgehead atoms. The number of benzene rings is 1. The Labute approximate surface area is 149 Å². The Bertz CT molecular complexity index is 607. The van der Waals surface area contributed by atoms with Crippen LogP contribution in [0, 0.1) is 5.92 Å². The third kappa shape index (κ3) is 3.80. The smallest absolute Gasteiger partial charge is 0.308 e. The quantitative estimate of drug-likeness (QED) is 0.882. The van der Waals surface area contributed by atoms with Crippen molar-refractivity contribution in [2.24, 2.45) is 5.92 Å². The lowest BCUT2D eigenvalue weighted by Crippen LogP contribution is -2.50. The van der Waals surface area contributed by atoms with Crippen LogP contribution in [0.15, 0.2) is 24.3 Å². The van der Waals surface area contributed by atoms with E-state index in [9.17, 15) is 14.7 Å². The van der Waals surface area contributed by atoms with E-state index in [1.165, 1.54) is 6.42 Å². The molecular formula is C20H27NO4. The summed E-state index contributed by atoms with van der Waals surface area (Å²) in [5.41, 5.74) is 0.898. The third-order valence-electron chi connectivity index (χ3n) is 5.46. The van der Waals surface area contributed by atoms with E-state index in [-0.39, 0.29) is 18.0 Å². The van der Waals surface area contributed by atoms with Crippen LogP contribution in [0.25, 0.3) is 0 Å². The number of likely N-dealkylation sites (tertiary alicyclic amines) is 1. The second-order valence-electron chi connectivity index (χ2n) is 7.02. The van der Waals surface area contributed by atoms with E-state index in [0.717, 1.165) is 37.0 Å². The van der Waals surface area contributed by atoms with Gasteiger partial charge in [-0.2, -0.15) is 0 Å². The van der Waals surface area contributed by atoms with E-state index in [0.29, 0.717) is 19.4 Å². The molecule has 25 heavy (non-hydrogen) atoms. The molecule has 0 spiro atoms. The zero-order valence-corrected chi connectivity index (χ0v) is 14.8. The van der Waals surface area contributed by atoms with E-state index in [1.54, 1.807) is 0 Å². The largest absolute Gasteiger partial charge is 0.494 e. The molecule has 1 aromatic carbocycles. The van der Waals surface area contributed by atoms with Crippen LogP contribution < -0.4 is 4.74 Å². The van der Waals surface area contributed by atoms with Gasteiger partial charge in [-0.15, -0.1) is 0 Å². The van der Waals surface area contributed by atoms with Gasteiger partial charge in [0.05, 0.1) is 18.6 Å². The summed E-state index contributed by atoms with van der Waals surface area (Å²) < 4.78 is 5.49. The van der Waals surface area contributed by atoms with Gasteiger partial charge in [-0.3, -0.25) is 9.59 Å². The van der Waals surface area contributed by atoms with Gasteiger partial charge in [-0.1, -0.05) is 31.4 Å². The number of aliphatic carboxylic acids is 1. The predicted octanol–water partition coefficient (Wildman–Crippen LogP) is 3.78. The molecule has 2 atom stereocenters. The van der Waals surface area contributed by atoms with Gasteiger partial charge in [0.2, 0.25) is 5.91 Å². The van der Waals surface area contributed by atoms with E-state index in [2.05, 4.69) is 0 Å². The average Bonchev–Trinajstić information content (AvgIpc) is 2.63. The lowest BCUT2D eigenvalue weighted by Gasteiger charge is -2.45. The molecule has 1 aliphatic heterocycles. The van der Waals surface area contributed by atoms with Crippen molar-refractivity contribution in [1.82, 2.24) is 4.90 Å². The summed E-state index contributed by atoms with van der Waals surface area (Å²) in [6.07, 6.45) is 6.13. The van der Waals surface area contributed by atoms with Crippen LogP contribution in [0.4, 0.5) is 0 Å². The molecule has 3 rings (SSSR count). The molecule has 5 heteroatoms. The topological polar surface area (TPSA) is 66.8 Å². The van der Waals surface area contributed by atoms with Crippen LogP contribution in [-0.2, 0) is 9.59 Å². The van der Waals surface area contributed by atoms with Gasteiger partial charge in [0.25, 0.3) is 0 Å². The standard InChI is InChI=1S/C20H27NO4/c1-2-25-16-10-8-14(9-11-16)19-17(20(23)24)12-13-18(22)21(19)15-6-4-3-5-7-15/h8-11,15,17,19H,2-7,12-13H2,1H3,(H,23,24)/t17-,19-/m0/s1. The van der Waals surface area contributed by atoms with Gasteiger partial charge in [0.1, 0.15) is 5.75 Å². The Morgan fingerprint density at radius 1 is 1.16 bits per heavy atom. The first-order valence-electron chi connectivity index (χ1n) is 9.38. The van der Waals surface area contributed by atoms with Crippen LogP contribution in [0.3, 0.4) is 0 Å². The number of ether oxygens (including phenoxy) is 1. The van der Waals surface area contributed by atoms with Crippen molar-refractivity contribution in [2.75, 3.05) is 6.61 Å². The molecule has 1 saturated carbocycles. The number of hydrogen-bond acceptors (Lipinski definition) is 3. The highest BCUT2D eigenvalue weighted by atomic mass is 16.5. The highest BCUT2D eigenvalue weighted by molar-refractivity contribution is 5.82. The van der Waals surface area contributed by atoms with E-state index >= 15 is 0 Å². The molecule has 1 saturated heterocycles. The Morgan fingerprint density at radius 2 is 1.84 bits per heavy atom. The van der Waals surface area contributed by atoms with Crippen LogP contribution in [0.2, 0.25) is 0 Å². The maximum atomic E-state index is 12.7. The molecule has 1 aromatic rings. The second-order valence-corrected chi connectivity index (χ2v) is 7.02. The number of carboxylic acid groups (broad SMARTS) is 1. The van der Waals surface area contributed by atoms with Crippen molar-refractivity contribution in [1.29, 1.82) is 0 Å². The Balaban J connectivity index is 1.94. The monoisotopic (exact) mass is 345 g/mol. The maximum absolute atomic E-state index is 12.7. The van der Waals surface area contributed by atoms with Crippen molar-refractivity contribution < 1.29 is 19.4 Å². The SMILES string of the molecule is CCOc1ccc([C@H]2[C@@H](C(=O)O)CCC(=O)N2C2CCCCC2)cc1. The van der Waals surface area contributed by atoms with Gasteiger partial charge in [-0.05, 0) is 43.9 Å². The maximum Gasteiger partial charge on any atom is 0.308 e. The minimum atomic E-state index is -0.813. The average molecular weight is 345 g/mol. The highest BCUT2D eigenvalue weighted by Gasteiger charge is 2.43. The van der Waals surface area contributed by atoms with Gasteiger partial charge >= 0.3 is 5.97 Å². The number of amides is 1. The zero-order chi connectivity index (χ0) is 17.8. The number of carbonyl (C=O) groups excluding carboxylic acids is 1. The van der Waals surface area contributed by atoms with Crippen molar-refractivity contribution in [3.8, 4) is 5.75 Å². The Morgan fingerprint density at radius 3 is 2.44 bits per heavy atom. The Kier molecular flexibility index (Phi) is 5.61. The summed E-state index contributed by atoms with van der Waals surface area (Å²) in [5, 5.41) is 9.75. The van der Waals surface area contributed by atoms with E-state index < -0.39 is 11.9 Å². The van der Waals surface area contributed by atoms with Crippen LogP contribution in [-0.4, -0.2) is 34.5 Å². The predicted molar refractivity (Wildman–Crippen MR) is 94.4 cm³/mol. The molecular weight excluding hydrogens is 318 g/mol. The van der Waals surface area contributed by atoms with E-state index in [4.69, 9.17) is 4.74 Å². The van der Waals surface area contributed by atoms with Crippen molar-refractivity contribution in [3.63, 3.8) is 0 Å². The summed E-state index contributed by atoms with van der Waals surface area (Å²) >= 11 is 0. The minimum Gasteiger partial charge on any atom is -0.494 e. The van der Waals surface area contributed by atoms with Gasteiger partial charge in [0.15, 0.2) is 0 Å². The number of piperidine rings is 1. The summed E-state index contributed by atoms with van der Waals surface area (Å²) in [6.45, 7) is 2.52. The highest BCUT2D eigenvalue weighted by Crippen LogP contribution is 2.41. The summed E-state index contributed by atoms with van der Waals surface area (Å²) in [4.78, 5) is 26.5. The molecule has 0 unspecified atom stereocenters. The molecule has 5 nitrogen and oxygen atoms in total. The first kappa shape index (κ1) is 17.8. The third-order valence-corrected chi connectivity index (χ3v) is 5.46. The zero-order valence-electron chi connectivity index (χ0n) is 14.8. The van der Waals surface area contributed by atoms with Gasteiger partial charge in [0, 0.05) is 12.5 Å². The number of carboxylic acids is 1. The van der Waals surface area contributed by atoms with Crippen molar-refractivity contribution in [2.45, 2.75) is 64.0 Å². The number of nitrogens with zero attached hydrogens (tertiary/aromatic N) is 1. The first-order valence-corrected chi connectivity index (χ1v) is 9.38. The molecule has 0 radical (unpaired) electrons. The fraction of sp³-hybridized carbons (Fsp3) is 0.600. The molecule has 1 amide bonds. The minimum absolute atomic E-state index is 0.100. The molecule has 1 heterocycles. The lowest BCUT2D eigenvalue weighted by molar-refractivity contribution is -0.154. The fourth-order valence-electron chi connectivity index (χ4n) is 4.28. The number of rotatable bonds is 5. The molecule has 2 aliphatic rings. The lowest BCUT2D eigenvalue weighted by atomic mass is 9.81. The number of carbonyl (C=O) groups is 2. The molecule has 136 valence electrons. The van der Waals surface area contributed by atoms with Crippen molar-refractivity contribution >= 4 is 11.9 Å². The summed E-state index contributed by atoms with van der Waals surface area (Å²) in [5.74, 6) is -0.488. The van der Waals surface area contributed by atoms with E-state index in [1.807, 2.05) is 36.1 Å². The van der Waals surface area contributed by atoms with Crippen LogP contribution in [0.1, 0.15) is 63.5 Å². The summed E-state index contributed by atoms with van der Waals surface area (Å²) in [6, 6.07) is 7.36. The van der Waals surface area contributed by atoms with Gasteiger partial charge < -0.3 is 14.7 Å². The second kappa shape index (κ2) is 7.89. The normalized spacial score (nSPS) is 25.0. The van der Waals surface area contributed by atoms with Gasteiger partial charge in [-0.25, -0.2) is 0 Å². The fourth-order valence-corrected chi connectivity index (χ4v) is 4.28. The van der Waals surface area contributed by atoms with Crippen LogP contribution >= 0.6 is 0 Å². The van der Waals surface area contributed by atoms with Crippen molar-refractivity contribution in [3.05, 3.63) is 29.8 Å². The Hall–Kier alpha value is -2.04. The van der Waals surface area contributed by atoms with Crippen LogP contribution in [0.5, 0.6) is 5.75 Å².